The van der Waals surface area contributed by atoms with Crippen LogP contribution in [0.15, 0.2) is 70.2 Å². The van der Waals surface area contributed by atoms with Crippen LogP contribution < -0.4 is 10.9 Å². The Labute approximate surface area is 177 Å². The van der Waals surface area contributed by atoms with Crippen molar-refractivity contribution in [1.29, 1.82) is 0 Å². The molecule has 8 heteroatoms. The molecule has 0 aliphatic carbocycles. The number of carbonyl (C=O) groups is 2. The van der Waals surface area contributed by atoms with Gasteiger partial charge in [-0.05, 0) is 56.3 Å². The molecule has 0 aliphatic rings. The average Bonchev–Trinajstić information content (AvgIpc) is 3.32. The van der Waals surface area contributed by atoms with E-state index in [0.717, 1.165) is 22.0 Å². The first kappa shape index (κ1) is 19.8. The molecule has 152 valence electrons. The zero-order valence-corrected chi connectivity index (χ0v) is 17.3. The number of furan rings is 1. The molecule has 0 aliphatic heterocycles. The second-order valence-corrected chi connectivity index (χ2v) is 7.80. The van der Waals surface area contributed by atoms with E-state index in [0.29, 0.717) is 22.6 Å². The fourth-order valence-corrected chi connectivity index (χ4v) is 3.81. The second kappa shape index (κ2) is 8.46. The van der Waals surface area contributed by atoms with Gasteiger partial charge in [-0.25, -0.2) is 4.98 Å². The Morgan fingerprint density at radius 1 is 1.07 bits per heavy atom. The van der Waals surface area contributed by atoms with E-state index in [-0.39, 0.29) is 0 Å². The highest BCUT2D eigenvalue weighted by Gasteiger charge is 2.14. The van der Waals surface area contributed by atoms with Crippen molar-refractivity contribution in [2.24, 2.45) is 0 Å². The monoisotopic (exact) mass is 420 g/mol. The van der Waals surface area contributed by atoms with Gasteiger partial charge in [-0.15, -0.1) is 11.8 Å². The van der Waals surface area contributed by atoms with E-state index in [1.165, 1.54) is 0 Å². The van der Waals surface area contributed by atoms with Crippen LogP contribution in [-0.2, 0) is 5.75 Å². The number of fused-ring (bicyclic) bond motifs is 1. The van der Waals surface area contributed by atoms with Crippen LogP contribution in [-0.4, -0.2) is 21.2 Å². The average molecular weight is 420 g/mol. The molecule has 0 bridgehead atoms. The maximum Gasteiger partial charge on any atom is 0.273 e. The van der Waals surface area contributed by atoms with Crippen LogP contribution in [0.4, 0.5) is 0 Å². The summed E-state index contributed by atoms with van der Waals surface area (Å²) in [6.45, 7) is 3.46. The van der Waals surface area contributed by atoms with E-state index >= 15 is 0 Å². The summed E-state index contributed by atoms with van der Waals surface area (Å²) in [5.74, 6) is 1.06. The van der Waals surface area contributed by atoms with Crippen molar-refractivity contribution in [3.05, 3.63) is 89.3 Å². The van der Waals surface area contributed by atoms with Gasteiger partial charge in [-0.3, -0.25) is 20.4 Å². The van der Waals surface area contributed by atoms with E-state index < -0.39 is 11.8 Å². The number of hydrogen-bond donors (Lipinski definition) is 2. The van der Waals surface area contributed by atoms with Gasteiger partial charge in [0.2, 0.25) is 0 Å². The predicted molar refractivity (Wildman–Crippen MR) is 114 cm³/mol. The molecule has 3 heterocycles. The van der Waals surface area contributed by atoms with E-state index in [1.807, 2.05) is 47.1 Å². The van der Waals surface area contributed by atoms with Gasteiger partial charge in [0.1, 0.15) is 17.2 Å². The molecule has 30 heavy (non-hydrogen) atoms. The van der Waals surface area contributed by atoms with Crippen molar-refractivity contribution in [3.8, 4) is 0 Å². The van der Waals surface area contributed by atoms with E-state index in [2.05, 4.69) is 15.8 Å². The van der Waals surface area contributed by atoms with Crippen molar-refractivity contribution >= 4 is 29.2 Å². The number of imidazole rings is 1. The third-order valence-corrected chi connectivity index (χ3v) is 5.54. The number of rotatable bonds is 5. The lowest BCUT2D eigenvalue weighted by Crippen LogP contribution is -2.41. The number of benzene rings is 1. The highest BCUT2D eigenvalue weighted by Crippen LogP contribution is 2.23. The summed E-state index contributed by atoms with van der Waals surface area (Å²) in [7, 11) is 0. The van der Waals surface area contributed by atoms with Gasteiger partial charge in [0, 0.05) is 28.6 Å². The van der Waals surface area contributed by atoms with E-state index in [1.54, 1.807) is 43.8 Å². The molecular weight excluding hydrogens is 400 g/mol. The van der Waals surface area contributed by atoms with Gasteiger partial charge in [0.25, 0.3) is 11.8 Å². The number of hydrogen-bond acceptors (Lipinski definition) is 5. The molecule has 7 nitrogen and oxygen atoms in total. The molecule has 2 N–H and O–H groups in total. The van der Waals surface area contributed by atoms with Crippen LogP contribution in [0.5, 0.6) is 0 Å². The second-order valence-electron chi connectivity index (χ2n) is 6.75. The van der Waals surface area contributed by atoms with Gasteiger partial charge in [-0.1, -0.05) is 6.07 Å². The number of nitrogens with one attached hydrogen (secondary N) is 2. The first-order valence-corrected chi connectivity index (χ1v) is 10.3. The molecule has 0 fully saturated rings. The Morgan fingerprint density at radius 3 is 2.53 bits per heavy atom. The summed E-state index contributed by atoms with van der Waals surface area (Å²) < 4.78 is 7.32. The Kier molecular flexibility index (Phi) is 5.58. The molecule has 1 aromatic carbocycles. The summed E-state index contributed by atoms with van der Waals surface area (Å²) in [6, 6.07) is 14.7. The van der Waals surface area contributed by atoms with Gasteiger partial charge < -0.3 is 8.82 Å². The summed E-state index contributed by atoms with van der Waals surface area (Å²) >= 11 is 1.64. The Morgan fingerprint density at radius 2 is 1.83 bits per heavy atom. The number of carbonyl (C=O) groups excluding carboxylic acids is 2. The Hall–Kier alpha value is -3.52. The molecule has 0 spiro atoms. The normalized spacial score (nSPS) is 10.9. The smallest absolute Gasteiger partial charge is 0.273 e. The van der Waals surface area contributed by atoms with Crippen LogP contribution in [0.25, 0.3) is 5.65 Å². The first-order valence-electron chi connectivity index (χ1n) is 9.33. The van der Waals surface area contributed by atoms with Crippen molar-refractivity contribution in [2.75, 3.05) is 0 Å². The molecule has 0 radical (unpaired) electrons. The summed E-state index contributed by atoms with van der Waals surface area (Å²) in [5, 5.41) is 0. The number of hydrazine groups is 1. The molecule has 0 saturated carbocycles. The van der Waals surface area contributed by atoms with E-state index in [4.69, 9.17) is 4.42 Å². The lowest BCUT2D eigenvalue weighted by atomic mass is 10.2. The fraction of sp³-hybridized carbons (Fsp3) is 0.136. The summed E-state index contributed by atoms with van der Waals surface area (Å²) in [6.07, 6.45) is 3.98. The summed E-state index contributed by atoms with van der Waals surface area (Å²) in [4.78, 5) is 30.1. The third kappa shape index (κ3) is 4.38. The van der Waals surface area contributed by atoms with Gasteiger partial charge in [0.05, 0.1) is 11.3 Å². The molecule has 4 rings (SSSR count). The zero-order valence-electron chi connectivity index (χ0n) is 16.5. The maximum atomic E-state index is 12.3. The van der Waals surface area contributed by atoms with Crippen molar-refractivity contribution in [2.45, 2.75) is 24.5 Å². The fourth-order valence-electron chi connectivity index (χ4n) is 3.03. The zero-order chi connectivity index (χ0) is 21.1. The highest BCUT2D eigenvalue weighted by atomic mass is 32.2. The van der Waals surface area contributed by atoms with Crippen LogP contribution in [0.3, 0.4) is 0 Å². The van der Waals surface area contributed by atoms with Gasteiger partial charge >= 0.3 is 0 Å². The van der Waals surface area contributed by atoms with E-state index in [9.17, 15) is 9.59 Å². The number of nitrogens with zero attached hydrogens (tertiary/aromatic N) is 2. The minimum Gasteiger partial charge on any atom is -0.466 e. The van der Waals surface area contributed by atoms with Gasteiger partial charge in [0.15, 0.2) is 0 Å². The van der Waals surface area contributed by atoms with Crippen LogP contribution in [0.1, 0.15) is 37.9 Å². The highest BCUT2D eigenvalue weighted by molar-refractivity contribution is 7.98. The van der Waals surface area contributed by atoms with Crippen LogP contribution >= 0.6 is 11.8 Å². The number of thioether (sulfide) groups is 1. The van der Waals surface area contributed by atoms with Crippen LogP contribution in [0, 0.1) is 13.8 Å². The molecule has 2 amide bonds. The third-order valence-electron chi connectivity index (χ3n) is 4.49. The molecule has 0 saturated heterocycles. The predicted octanol–water partition coefficient (Wildman–Crippen LogP) is 3.91. The first-order chi connectivity index (χ1) is 14.5. The van der Waals surface area contributed by atoms with Gasteiger partial charge in [-0.2, -0.15) is 0 Å². The molecule has 0 unspecified atom stereocenters. The molecule has 4 aromatic rings. The standard InChI is InChI=1S/C22H20N4O3S/c1-14-11-19(15(2)29-14)22(28)25-24-21(27)16-6-8-18(9-7-16)30-13-17-12-26-10-4-3-5-20(26)23-17/h3-12H,13H2,1-2H3,(H,24,27)(H,25,28). The van der Waals surface area contributed by atoms with Crippen LogP contribution in [0.2, 0.25) is 0 Å². The number of aromatic nitrogens is 2. The topological polar surface area (TPSA) is 88.6 Å². The molecular formula is C22H20N4O3S. The minimum absolute atomic E-state index is 0.391. The number of aryl methyl sites for hydroxylation is 2. The molecule has 0 atom stereocenters. The Bertz CT molecular complexity index is 1180. The summed E-state index contributed by atoms with van der Waals surface area (Å²) in [5.41, 5.74) is 7.59. The Balaban J connectivity index is 1.31. The maximum absolute atomic E-state index is 12.3. The quantitative estimate of drug-likeness (QED) is 0.377. The largest absolute Gasteiger partial charge is 0.466 e. The van der Waals surface area contributed by atoms with Crippen molar-refractivity contribution in [3.63, 3.8) is 0 Å². The van der Waals surface area contributed by atoms with Crippen molar-refractivity contribution in [1.82, 2.24) is 20.2 Å². The minimum atomic E-state index is -0.419. The molecule has 3 aromatic heterocycles. The lowest BCUT2D eigenvalue weighted by Gasteiger charge is -2.07. The number of pyridine rings is 1. The van der Waals surface area contributed by atoms with Crippen molar-refractivity contribution < 1.29 is 14.0 Å². The SMILES string of the molecule is Cc1cc(C(=O)NNC(=O)c2ccc(SCc3cn4ccccc4n3)cc2)c(C)o1. The lowest BCUT2D eigenvalue weighted by molar-refractivity contribution is 0.0845. The number of amides is 2.